The highest BCUT2D eigenvalue weighted by Gasteiger charge is 2.51. The molecule has 2 fully saturated rings. The third kappa shape index (κ3) is 4.66. The minimum Gasteiger partial charge on any atom is -0.390 e. The highest BCUT2D eigenvalue weighted by atomic mass is 32.2. The molecule has 2 aliphatic rings. The number of hydrogen-bond donors (Lipinski definition) is 1. The van der Waals surface area contributed by atoms with Gasteiger partial charge in [0, 0.05) is 13.1 Å². The van der Waals surface area contributed by atoms with Gasteiger partial charge in [0.25, 0.3) is 0 Å². The first-order chi connectivity index (χ1) is 14.9. The molecule has 1 heterocycles. The molecule has 4 rings (SSSR count). The van der Waals surface area contributed by atoms with Crippen molar-refractivity contribution in [3.8, 4) is 0 Å². The van der Waals surface area contributed by atoms with Gasteiger partial charge in [-0.2, -0.15) is 4.31 Å². The summed E-state index contributed by atoms with van der Waals surface area (Å²) in [6, 6.07) is 17.8. The largest absolute Gasteiger partial charge is 0.390 e. The van der Waals surface area contributed by atoms with Crippen molar-refractivity contribution in [2.75, 3.05) is 13.1 Å². The molecule has 4 nitrogen and oxygen atoms in total. The molecule has 0 bridgehead atoms. The molecular weight excluding hydrogens is 418 g/mol. The predicted octanol–water partition coefficient (Wildman–Crippen LogP) is 5.16. The standard InChI is InChI=1S/C27H37NO3S/c1-25(2,3)22-10-12-24(13-11-22)32(30,31)28-17-14-23-19-26(4,29)15-16-27(23,20-28)18-21-8-6-5-7-9-21/h5-13,23,29H,14-20H2,1-4H3. The topological polar surface area (TPSA) is 57.6 Å². The average molecular weight is 456 g/mol. The van der Waals surface area contributed by atoms with Crippen LogP contribution in [0.2, 0.25) is 0 Å². The number of fused-ring (bicyclic) bond motifs is 1. The van der Waals surface area contributed by atoms with Crippen LogP contribution < -0.4 is 0 Å². The Hall–Kier alpha value is -1.69. The second kappa shape index (κ2) is 8.27. The Morgan fingerprint density at radius 2 is 1.69 bits per heavy atom. The molecule has 0 amide bonds. The second-order valence-electron chi connectivity index (χ2n) is 11.3. The fraction of sp³-hybridized carbons (Fsp3) is 0.556. The molecule has 0 aromatic heterocycles. The molecule has 3 unspecified atom stereocenters. The van der Waals surface area contributed by atoms with Crippen molar-refractivity contribution in [3.63, 3.8) is 0 Å². The molecule has 0 radical (unpaired) electrons. The summed E-state index contributed by atoms with van der Waals surface area (Å²) in [5, 5.41) is 10.8. The molecule has 1 saturated heterocycles. The Labute approximate surface area is 193 Å². The van der Waals surface area contributed by atoms with Gasteiger partial charge in [0.15, 0.2) is 0 Å². The highest BCUT2D eigenvalue weighted by Crippen LogP contribution is 2.52. The van der Waals surface area contributed by atoms with Gasteiger partial charge in [0.05, 0.1) is 10.5 Å². The summed E-state index contributed by atoms with van der Waals surface area (Å²) in [6.45, 7) is 9.36. The number of benzene rings is 2. The first kappa shape index (κ1) is 23.5. The van der Waals surface area contributed by atoms with Crippen LogP contribution in [0, 0.1) is 11.3 Å². The summed E-state index contributed by atoms with van der Waals surface area (Å²) in [5.41, 5.74) is 1.56. The Morgan fingerprint density at radius 3 is 2.31 bits per heavy atom. The predicted molar refractivity (Wildman–Crippen MR) is 129 cm³/mol. The monoisotopic (exact) mass is 455 g/mol. The molecular formula is C27H37NO3S. The number of aliphatic hydroxyl groups is 1. The summed E-state index contributed by atoms with van der Waals surface area (Å²) in [7, 11) is -3.56. The van der Waals surface area contributed by atoms with E-state index in [4.69, 9.17) is 0 Å². The van der Waals surface area contributed by atoms with Gasteiger partial charge in [-0.05, 0) is 79.0 Å². The van der Waals surface area contributed by atoms with Gasteiger partial charge < -0.3 is 5.11 Å². The molecule has 1 aliphatic carbocycles. The van der Waals surface area contributed by atoms with Crippen molar-refractivity contribution in [1.29, 1.82) is 0 Å². The molecule has 0 spiro atoms. The van der Waals surface area contributed by atoms with E-state index in [0.717, 1.165) is 31.2 Å². The zero-order chi connectivity index (χ0) is 23.2. The summed E-state index contributed by atoms with van der Waals surface area (Å²) in [5.74, 6) is 0.321. The Morgan fingerprint density at radius 1 is 1.03 bits per heavy atom. The molecule has 2 aromatic rings. The van der Waals surface area contributed by atoms with Gasteiger partial charge in [-0.3, -0.25) is 0 Å². The van der Waals surface area contributed by atoms with Gasteiger partial charge in [-0.25, -0.2) is 8.42 Å². The van der Waals surface area contributed by atoms with Gasteiger partial charge in [-0.1, -0.05) is 63.2 Å². The minimum absolute atomic E-state index is 0.0145. The molecule has 2 aromatic carbocycles. The van der Waals surface area contributed by atoms with Crippen LogP contribution in [0.25, 0.3) is 0 Å². The summed E-state index contributed by atoms with van der Waals surface area (Å²) >= 11 is 0. The molecule has 1 N–H and O–H groups in total. The molecule has 5 heteroatoms. The summed E-state index contributed by atoms with van der Waals surface area (Å²) < 4.78 is 28.9. The summed E-state index contributed by atoms with van der Waals surface area (Å²) in [4.78, 5) is 0.376. The number of nitrogens with zero attached hydrogens (tertiary/aromatic N) is 1. The lowest BCUT2D eigenvalue weighted by molar-refractivity contribution is -0.0798. The average Bonchev–Trinajstić information content (AvgIpc) is 2.73. The molecule has 174 valence electrons. The summed E-state index contributed by atoms with van der Waals surface area (Å²) in [6.07, 6.45) is 3.94. The first-order valence-electron chi connectivity index (χ1n) is 11.8. The quantitative estimate of drug-likeness (QED) is 0.693. The molecule has 1 aliphatic heterocycles. The Bertz CT molecular complexity index is 1040. The van der Waals surface area contributed by atoms with Crippen molar-refractivity contribution in [2.24, 2.45) is 11.3 Å². The van der Waals surface area contributed by atoms with E-state index in [1.807, 2.05) is 37.3 Å². The number of rotatable bonds is 4. The first-order valence-corrected chi connectivity index (χ1v) is 13.2. The maximum absolute atomic E-state index is 13.6. The lowest BCUT2D eigenvalue weighted by Gasteiger charge is -2.54. The van der Waals surface area contributed by atoms with Crippen molar-refractivity contribution in [2.45, 2.75) is 75.7 Å². The van der Waals surface area contributed by atoms with Crippen LogP contribution >= 0.6 is 0 Å². The van der Waals surface area contributed by atoms with E-state index in [9.17, 15) is 13.5 Å². The zero-order valence-corrected chi connectivity index (χ0v) is 20.7. The van der Waals surface area contributed by atoms with E-state index in [-0.39, 0.29) is 10.8 Å². The fourth-order valence-electron chi connectivity index (χ4n) is 5.69. The van der Waals surface area contributed by atoms with E-state index in [2.05, 4.69) is 32.9 Å². The lowest BCUT2D eigenvalue weighted by atomic mass is 9.57. The van der Waals surface area contributed by atoms with Gasteiger partial charge in [0.1, 0.15) is 0 Å². The van der Waals surface area contributed by atoms with Gasteiger partial charge >= 0.3 is 0 Å². The zero-order valence-electron chi connectivity index (χ0n) is 19.8. The molecule has 3 atom stereocenters. The van der Waals surface area contributed by atoms with Crippen LogP contribution in [0.5, 0.6) is 0 Å². The van der Waals surface area contributed by atoms with E-state index in [1.165, 1.54) is 5.56 Å². The normalized spacial score (nSPS) is 29.5. The van der Waals surface area contributed by atoms with Gasteiger partial charge in [0.2, 0.25) is 10.0 Å². The molecule has 1 saturated carbocycles. The van der Waals surface area contributed by atoms with Crippen molar-refractivity contribution < 1.29 is 13.5 Å². The Balaban J connectivity index is 1.63. The number of hydrogen-bond acceptors (Lipinski definition) is 3. The van der Waals surface area contributed by atoms with E-state index >= 15 is 0 Å². The van der Waals surface area contributed by atoms with E-state index in [0.29, 0.717) is 30.3 Å². The van der Waals surface area contributed by atoms with Crippen LogP contribution in [0.3, 0.4) is 0 Å². The number of piperidine rings is 1. The van der Waals surface area contributed by atoms with E-state index < -0.39 is 15.6 Å². The second-order valence-corrected chi connectivity index (χ2v) is 13.3. The van der Waals surface area contributed by atoms with Gasteiger partial charge in [-0.15, -0.1) is 0 Å². The maximum Gasteiger partial charge on any atom is 0.243 e. The Kier molecular flexibility index (Phi) is 6.06. The minimum atomic E-state index is -3.56. The van der Waals surface area contributed by atoms with Crippen LogP contribution in [-0.2, 0) is 21.9 Å². The van der Waals surface area contributed by atoms with Crippen LogP contribution in [0.1, 0.15) is 64.5 Å². The van der Waals surface area contributed by atoms with Crippen LogP contribution in [0.15, 0.2) is 59.5 Å². The molecule has 32 heavy (non-hydrogen) atoms. The lowest BCUT2D eigenvalue weighted by Crippen LogP contribution is -2.56. The fourth-order valence-corrected chi connectivity index (χ4v) is 7.24. The third-order valence-electron chi connectivity index (χ3n) is 7.69. The highest BCUT2D eigenvalue weighted by molar-refractivity contribution is 7.89. The van der Waals surface area contributed by atoms with Crippen LogP contribution in [0.4, 0.5) is 0 Å². The number of sulfonamides is 1. The van der Waals surface area contributed by atoms with Crippen molar-refractivity contribution in [1.82, 2.24) is 4.31 Å². The SMILES string of the molecule is CC1(O)CCC2(Cc3ccccc3)CN(S(=O)(=O)c3ccc(C(C)(C)C)cc3)CCC2C1. The third-order valence-corrected chi connectivity index (χ3v) is 9.55. The van der Waals surface area contributed by atoms with E-state index in [1.54, 1.807) is 16.4 Å². The van der Waals surface area contributed by atoms with Crippen molar-refractivity contribution in [3.05, 3.63) is 65.7 Å². The smallest absolute Gasteiger partial charge is 0.243 e. The van der Waals surface area contributed by atoms with Crippen LogP contribution in [-0.4, -0.2) is 36.5 Å². The maximum atomic E-state index is 13.6. The van der Waals surface area contributed by atoms with Crippen molar-refractivity contribution >= 4 is 10.0 Å².